The summed E-state index contributed by atoms with van der Waals surface area (Å²) in [6, 6.07) is 0. The van der Waals surface area contributed by atoms with Gasteiger partial charge in [0.15, 0.2) is 0 Å². The predicted molar refractivity (Wildman–Crippen MR) is 125 cm³/mol. The maximum absolute atomic E-state index is 4.99. The molecular weight excluding hydrogens is 437 g/mol. The summed E-state index contributed by atoms with van der Waals surface area (Å²) in [5.41, 5.74) is 0. The Kier molecular flexibility index (Phi) is 19.5. The Labute approximate surface area is 187 Å². The van der Waals surface area contributed by atoms with Crippen LogP contribution in [0.4, 0.5) is 0 Å². The van der Waals surface area contributed by atoms with Gasteiger partial charge in [0.1, 0.15) is 12.4 Å². The van der Waals surface area contributed by atoms with Crippen molar-refractivity contribution in [3.63, 3.8) is 0 Å². The van der Waals surface area contributed by atoms with Gasteiger partial charge in [0.2, 0.25) is 6.33 Å². The molecule has 1 heterocycles. The van der Waals surface area contributed by atoms with E-state index in [-0.39, 0.29) is 0 Å². The molecule has 0 atom stereocenters. The monoisotopic (exact) mass is 474 g/mol. The topological polar surface area (TPSA) is 8.81 Å². The molecule has 2 nitrogen and oxygen atoms in total. The molecule has 7 heteroatoms. The Morgan fingerprint density at radius 3 is 1.41 bits per heavy atom. The van der Waals surface area contributed by atoms with Gasteiger partial charge in [-0.15, -0.1) is 0 Å². The molecule has 0 saturated heterocycles. The van der Waals surface area contributed by atoms with Crippen LogP contribution >= 0.6 is 40.2 Å². The number of imidazole rings is 1. The zero-order valence-corrected chi connectivity index (χ0v) is 21.5. The molecule has 0 bridgehead atoms. The standard InChI is InChI=1S/C20H39N2.Al.4ClH/c1-3-4-5-6-7-8-9-10-11-12-13-14-15-16-17-22-19-18-21(2)20-22;;;;;/h18-20H,3-17H2,1-2H3;;4*1H/q+1;+3;;;;/p-4. The van der Waals surface area contributed by atoms with E-state index >= 15 is 0 Å². The maximum Gasteiger partial charge on any atom is 0.564 e. The van der Waals surface area contributed by atoms with Gasteiger partial charge in [-0.2, -0.15) is 0 Å². The van der Waals surface area contributed by atoms with E-state index in [1.54, 1.807) is 0 Å². The van der Waals surface area contributed by atoms with Gasteiger partial charge in [-0.3, -0.25) is 0 Å². The molecule has 1 aromatic heterocycles. The fourth-order valence-electron chi connectivity index (χ4n) is 3.12. The predicted octanol–water partition coefficient (Wildman–Crippen LogP) is 8.17. The van der Waals surface area contributed by atoms with Gasteiger partial charge in [0.05, 0.1) is 13.6 Å². The minimum Gasteiger partial charge on any atom is -0.391 e. The van der Waals surface area contributed by atoms with E-state index < -0.39 is 9.39 Å². The van der Waals surface area contributed by atoms with Gasteiger partial charge in [-0.05, 0) is 12.8 Å². The molecule has 0 spiro atoms. The number of aromatic nitrogens is 2. The van der Waals surface area contributed by atoms with Gasteiger partial charge < -0.3 is 40.2 Å². The second-order valence-electron chi connectivity index (χ2n) is 7.41. The van der Waals surface area contributed by atoms with Crippen LogP contribution in [-0.2, 0) is 13.6 Å². The lowest BCUT2D eigenvalue weighted by atomic mass is 10.0. The highest BCUT2D eigenvalue weighted by molar-refractivity contribution is 7.81. The summed E-state index contributed by atoms with van der Waals surface area (Å²) < 4.78 is 4.41. The smallest absolute Gasteiger partial charge is 0.391 e. The number of hydrogen-bond donors (Lipinski definition) is 0. The minimum absolute atomic E-state index is 1.18. The number of rotatable bonds is 15. The van der Waals surface area contributed by atoms with Crippen LogP contribution in [0.15, 0.2) is 18.7 Å². The Morgan fingerprint density at radius 1 is 0.704 bits per heavy atom. The Bertz CT molecular complexity index is 430. The van der Waals surface area contributed by atoms with Gasteiger partial charge in [0.25, 0.3) is 0 Å². The summed E-state index contributed by atoms with van der Waals surface area (Å²) in [6.45, 7) is 3.47. The van der Waals surface area contributed by atoms with Crippen molar-refractivity contribution >= 4 is 49.6 Å². The van der Waals surface area contributed by atoms with E-state index in [0.717, 1.165) is 0 Å². The minimum atomic E-state index is -2.94. The Hall–Kier alpha value is 0.902. The lowest BCUT2D eigenvalue weighted by Gasteiger charge is -2.03. The molecule has 0 N–H and O–H groups in total. The van der Waals surface area contributed by atoms with Crippen LogP contribution in [0, 0.1) is 0 Å². The highest BCUT2D eigenvalue weighted by atomic mass is 35.9. The molecule has 27 heavy (non-hydrogen) atoms. The molecule has 0 fully saturated rings. The van der Waals surface area contributed by atoms with Crippen molar-refractivity contribution < 1.29 is 4.57 Å². The second kappa shape index (κ2) is 18.9. The summed E-state index contributed by atoms with van der Waals surface area (Å²) in [6.07, 6.45) is 26.5. The summed E-state index contributed by atoms with van der Waals surface area (Å²) in [5.74, 6) is 0. The van der Waals surface area contributed by atoms with E-state index in [4.69, 9.17) is 40.2 Å². The molecule has 1 aromatic rings. The summed E-state index contributed by atoms with van der Waals surface area (Å²) >= 11 is 0. The summed E-state index contributed by atoms with van der Waals surface area (Å²) in [5, 5.41) is 0. The van der Waals surface area contributed by atoms with Gasteiger partial charge >= 0.3 is 9.39 Å². The molecule has 0 aliphatic carbocycles. The number of nitrogens with zero attached hydrogens (tertiary/aromatic N) is 2. The highest BCUT2D eigenvalue weighted by Gasteiger charge is 2.14. The van der Waals surface area contributed by atoms with Crippen molar-refractivity contribution in [2.24, 2.45) is 7.05 Å². The number of hydrogen-bond acceptors (Lipinski definition) is 0. The number of unbranched alkanes of at least 4 members (excludes halogenated alkanes) is 13. The van der Waals surface area contributed by atoms with Crippen molar-refractivity contribution in [2.75, 3.05) is 0 Å². The average Bonchev–Trinajstić information content (AvgIpc) is 2.99. The molecule has 160 valence electrons. The molecule has 0 aliphatic rings. The van der Waals surface area contributed by atoms with Crippen LogP contribution in [0.3, 0.4) is 0 Å². The molecule has 1 rings (SSSR count). The Balaban J connectivity index is 0.00000119. The van der Waals surface area contributed by atoms with Crippen LogP contribution in [0.2, 0.25) is 0 Å². The molecule has 0 aromatic carbocycles. The third-order valence-electron chi connectivity index (χ3n) is 4.59. The van der Waals surface area contributed by atoms with Gasteiger partial charge in [0, 0.05) is 0 Å². The zero-order chi connectivity index (χ0) is 20.4. The van der Waals surface area contributed by atoms with E-state index in [2.05, 4.69) is 41.8 Å². The van der Waals surface area contributed by atoms with Crippen LogP contribution in [0.5, 0.6) is 0 Å². The van der Waals surface area contributed by atoms with E-state index in [9.17, 15) is 0 Å². The number of halogens is 4. The van der Waals surface area contributed by atoms with Crippen LogP contribution in [0.25, 0.3) is 0 Å². The maximum atomic E-state index is 4.99. The van der Waals surface area contributed by atoms with Gasteiger partial charge in [-0.25, -0.2) is 9.13 Å². The lowest BCUT2D eigenvalue weighted by molar-refractivity contribution is -0.671. The molecule has 0 radical (unpaired) electrons. The summed E-state index contributed by atoms with van der Waals surface area (Å²) in [4.78, 5) is 0. The quantitative estimate of drug-likeness (QED) is 0.137. The van der Waals surface area contributed by atoms with Crippen molar-refractivity contribution in [2.45, 2.75) is 103 Å². The van der Waals surface area contributed by atoms with E-state index in [1.165, 1.54) is 96.4 Å². The average molecular weight is 476 g/mol. The second-order valence-corrected chi connectivity index (χ2v) is 20.3. The Morgan fingerprint density at radius 2 is 1.07 bits per heavy atom. The fraction of sp³-hybridized carbons (Fsp3) is 0.850. The normalized spacial score (nSPS) is 11.3. The first-order chi connectivity index (χ1) is 12.8. The fourth-order valence-corrected chi connectivity index (χ4v) is 3.12. The van der Waals surface area contributed by atoms with Crippen LogP contribution < -0.4 is 4.57 Å². The third-order valence-corrected chi connectivity index (χ3v) is 4.59. The first-order valence-electron chi connectivity index (χ1n) is 10.7. The molecular formula is C20H39AlCl4N2. The van der Waals surface area contributed by atoms with Crippen molar-refractivity contribution in [3.05, 3.63) is 18.7 Å². The first kappa shape index (κ1) is 27.9. The molecule has 0 saturated carbocycles. The zero-order valence-electron chi connectivity index (χ0n) is 17.3. The third kappa shape index (κ3) is 24.9. The van der Waals surface area contributed by atoms with E-state index in [1.807, 2.05) is 0 Å². The first-order valence-corrected chi connectivity index (χ1v) is 17.7. The van der Waals surface area contributed by atoms with E-state index in [0.29, 0.717) is 0 Å². The molecule has 0 amide bonds. The number of aryl methyl sites for hydroxylation is 2. The van der Waals surface area contributed by atoms with Crippen molar-refractivity contribution in [1.29, 1.82) is 0 Å². The molecule has 0 aliphatic heterocycles. The molecule has 0 unspecified atom stereocenters. The van der Waals surface area contributed by atoms with Crippen molar-refractivity contribution in [3.8, 4) is 0 Å². The highest BCUT2D eigenvalue weighted by Crippen LogP contribution is 2.23. The van der Waals surface area contributed by atoms with Crippen LogP contribution in [0.1, 0.15) is 96.8 Å². The SMILES string of the molecule is CCCCCCCCCCCCCCCCn1cc[n+](C)c1.[Cl][Al-]([Cl])([Cl])[Cl]. The van der Waals surface area contributed by atoms with Crippen LogP contribution in [-0.4, -0.2) is 14.0 Å². The summed E-state index contributed by atoms with van der Waals surface area (Å²) in [7, 11) is 19.1. The van der Waals surface area contributed by atoms with Crippen molar-refractivity contribution in [1.82, 2.24) is 4.57 Å². The largest absolute Gasteiger partial charge is 0.564 e. The lowest BCUT2D eigenvalue weighted by Crippen LogP contribution is -2.23. The van der Waals surface area contributed by atoms with Gasteiger partial charge in [-0.1, -0.05) is 84.0 Å².